The largest absolute Gasteiger partial charge is 0.355 e. The lowest BCUT2D eigenvalue weighted by atomic mass is 9.96. The highest BCUT2D eigenvalue weighted by Gasteiger charge is 2.13. The van der Waals surface area contributed by atoms with Gasteiger partial charge in [-0.25, -0.2) is 0 Å². The summed E-state index contributed by atoms with van der Waals surface area (Å²) in [6.07, 6.45) is 1.91. The molecule has 0 rings (SSSR count). The van der Waals surface area contributed by atoms with Gasteiger partial charge in [0.1, 0.15) is 5.78 Å². The van der Waals surface area contributed by atoms with Crippen molar-refractivity contribution in [1.82, 2.24) is 16.0 Å². The highest BCUT2D eigenvalue weighted by atomic mass is 16.1. The Morgan fingerprint density at radius 3 is 2.21 bits per heavy atom. The van der Waals surface area contributed by atoms with E-state index in [4.69, 9.17) is 0 Å². The lowest BCUT2D eigenvalue weighted by molar-refractivity contribution is -0.123. The van der Waals surface area contributed by atoms with Crippen molar-refractivity contribution in [1.29, 1.82) is 0 Å². The maximum absolute atomic E-state index is 11.6. The molecular weight excluding hydrogens is 242 g/mol. The van der Waals surface area contributed by atoms with Gasteiger partial charge < -0.3 is 16.0 Å². The van der Waals surface area contributed by atoms with Gasteiger partial charge in [-0.1, -0.05) is 13.8 Å². The number of Topliss-reactive ketones (excluding diaryl/α,β-unsaturated/α-hetero) is 1. The smallest absolute Gasteiger partial charge is 0.220 e. The lowest BCUT2D eigenvalue weighted by Crippen LogP contribution is -2.35. The maximum atomic E-state index is 11.6. The molecule has 0 heterocycles. The summed E-state index contributed by atoms with van der Waals surface area (Å²) in [6.45, 7) is 9.91. The van der Waals surface area contributed by atoms with E-state index in [1.165, 1.54) is 0 Å². The molecule has 5 nitrogen and oxygen atoms in total. The molecule has 0 aliphatic rings. The first kappa shape index (κ1) is 18.1. The molecule has 0 fully saturated rings. The van der Waals surface area contributed by atoms with E-state index < -0.39 is 0 Å². The van der Waals surface area contributed by atoms with Crippen LogP contribution in [0.4, 0.5) is 0 Å². The molecule has 1 atom stereocenters. The Morgan fingerprint density at radius 2 is 1.63 bits per heavy atom. The summed E-state index contributed by atoms with van der Waals surface area (Å²) in [7, 11) is 0. The molecule has 0 aromatic carbocycles. The van der Waals surface area contributed by atoms with Crippen molar-refractivity contribution in [3.63, 3.8) is 0 Å². The van der Waals surface area contributed by atoms with Crippen LogP contribution in [0.5, 0.6) is 0 Å². The van der Waals surface area contributed by atoms with E-state index in [9.17, 15) is 9.59 Å². The molecule has 1 unspecified atom stereocenters. The number of carbonyl (C=O) groups is 2. The van der Waals surface area contributed by atoms with Gasteiger partial charge in [-0.3, -0.25) is 9.59 Å². The molecule has 0 spiro atoms. The Kier molecular flexibility index (Phi) is 11.5. The van der Waals surface area contributed by atoms with E-state index in [-0.39, 0.29) is 17.6 Å². The van der Waals surface area contributed by atoms with Gasteiger partial charge in [0.05, 0.1) is 0 Å². The Morgan fingerprint density at radius 1 is 1.00 bits per heavy atom. The average Bonchev–Trinajstić information content (AvgIpc) is 2.38. The fourth-order valence-electron chi connectivity index (χ4n) is 1.86. The van der Waals surface area contributed by atoms with E-state index in [0.717, 1.165) is 32.6 Å². The fourth-order valence-corrected chi connectivity index (χ4v) is 1.86. The zero-order valence-electron chi connectivity index (χ0n) is 12.6. The summed E-state index contributed by atoms with van der Waals surface area (Å²) in [5, 5.41) is 9.31. The van der Waals surface area contributed by atoms with Gasteiger partial charge in [0.2, 0.25) is 5.91 Å². The van der Waals surface area contributed by atoms with Gasteiger partial charge in [-0.2, -0.15) is 0 Å². The molecule has 0 aliphatic carbocycles. The molecular formula is C14H29N3O2. The number of hydrogen-bond acceptors (Lipinski definition) is 4. The second kappa shape index (κ2) is 12.1. The van der Waals surface area contributed by atoms with Gasteiger partial charge >= 0.3 is 0 Å². The second-order valence-electron chi connectivity index (χ2n) is 4.71. The Bertz CT molecular complexity index is 257. The fraction of sp³-hybridized carbons (Fsp3) is 0.857. The molecule has 0 saturated heterocycles. The summed E-state index contributed by atoms with van der Waals surface area (Å²) in [4.78, 5) is 22.8. The van der Waals surface area contributed by atoms with Crippen LogP contribution in [0.15, 0.2) is 0 Å². The van der Waals surface area contributed by atoms with E-state index in [1.54, 1.807) is 6.92 Å². The molecule has 0 aromatic rings. The predicted molar refractivity (Wildman–Crippen MR) is 78.1 cm³/mol. The van der Waals surface area contributed by atoms with Crippen molar-refractivity contribution in [2.45, 2.75) is 40.0 Å². The van der Waals surface area contributed by atoms with Crippen molar-refractivity contribution in [2.24, 2.45) is 5.92 Å². The van der Waals surface area contributed by atoms with E-state index >= 15 is 0 Å². The molecule has 0 radical (unpaired) electrons. The van der Waals surface area contributed by atoms with Crippen LogP contribution in [0.25, 0.3) is 0 Å². The van der Waals surface area contributed by atoms with Crippen LogP contribution in [0, 0.1) is 5.92 Å². The monoisotopic (exact) mass is 271 g/mol. The number of carbonyl (C=O) groups excluding carboxylic acids is 2. The normalized spacial score (nSPS) is 12.2. The highest BCUT2D eigenvalue weighted by Crippen LogP contribution is 2.11. The molecule has 3 N–H and O–H groups in total. The van der Waals surface area contributed by atoms with Crippen LogP contribution < -0.4 is 16.0 Å². The second-order valence-corrected chi connectivity index (χ2v) is 4.71. The SMILES string of the molecule is CCNCCNCCNC(=O)CCC(CC)C(C)=O. The van der Waals surface area contributed by atoms with Crippen molar-refractivity contribution in [2.75, 3.05) is 32.7 Å². The lowest BCUT2D eigenvalue weighted by Gasteiger charge is -2.11. The van der Waals surface area contributed by atoms with Gasteiger partial charge in [0, 0.05) is 38.5 Å². The van der Waals surface area contributed by atoms with E-state index in [1.807, 2.05) is 6.92 Å². The van der Waals surface area contributed by atoms with Crippen molar-refractivity contribution < 1.29 is 9.59 Å². The minimum Gasteiger partial charge on any atom is -0.355 e. The average molecular weight is 271 g/mol. The summed E-state index contributed by atoms with van der Waals surface area (Å²) >= 11 is 0. The van der Waals surface area contributed by atoms with Gasteiger partial charge in [-0.15, -0.1) is 0 Å². The first-order valence-corrected chi connectivity index (χ1v) is 7.30. The van der Waals surface area contributed by atoms with Crippen LogP contribution >= 0.6 is 0 Å². The molecule has 0 saturated carbocycles. The zero-order chi connectivity index (χ0) is 14.5. The summed E-state index contributed by atoms with van der Waals surface area (Å²) in [5.41, 5.74) is 0. The van der Waals surface area contributed by atoms with Crippen molar-refractivity contribution in [3.8, 4) is 0 Å². The van der Waals surface area contributed by atoms with Gasteiger partial charge in [0.15, 0.2) is 0 Å². The molecule has 0 aliphatic heterocycles. The van der Waals surface area contributed by atoms with Crippen LogP contribution in [0.1, 0.15) is 40.0 Å². The standard InChI is InChI=1S/C14H29N3O2/c1-4-13(12(3)18)6-7-14(19)17-11-10-16-9-8-15-5-2/h13,15-16H,4-11H2,1-3H3,(H,17,19). The third-order valence-corrected chi connectivity index (χ3v) is 3.14. The molecule has 1 amide bonds. The number of likely N-dealkylation sites (N-methyl/N-ethyl adjacent to an activating group) is 1. The quantitative estimate of drug-likeness (QED) is 0.457. The molecule has 5 heteroatoms. The Hall–Kier alpha value is -0.940. The van der Waals surface area contributed by atoms with Crippen molar-refractivity contribution >= 4 is 11.7 Å². The number of rotatable bonds is 12. The van der Waals surface area contributed by atoms with Crippen LogP contribution in [-0.2, 0) is 9.59 Å². The summed E-state index contributed by atoms with van der Waals surface area (Å²) < 4.78 is 0. The summed E-state index contributed by atoms with van der Waals surface area (Å²) in [5.74, 6) is 0.248. The van der Waals surface area contributed by atoms with E-state index in [2.05, 4.69) is 22.9 Å². The van der Waals surface area contributed by atoms with Crippen LogP contribution in [0.3, 0.4) is 0 Å². The number of nitrogens with one attached hydrogen (secondary N) is 3. The maximum Gasteiger partial charge on any atom is 0.220 e. The first-order chi connectivity index (χ1) is 9.11. The van der Waals surface area contributed by atoms with Crippen LogP contribution in [0.2, 0.25) is 0 Å². The minimum atomic E-state index is 0.0315. The Balaban J connectivity index is 3.46. The Labute approximate surface area is 116 Å². The third kappa shape index (κ3) is 10.7. The number of hydrogen-bond donors (Lipinski definition) is 3. The molecule has 0 bridgehead atoms. The number of ketones is 1. The summed E-state index contributed by atoms with van der Waals surface area (Å²) in [6, 6.07) is 0. The number of amides is 1. The zero-order valence-corrected chi connectivity index (χ0v) is 12.6. The predicted octanol–water partition coefficient (Wildman–Crippen LogP) is 0.697. The van der Waals surface area contributed by atoms with Crippen LogP contribution in [-0.4, -0.2) is 44.4 Å². The van der Waals surface area contributed by atoms with E-state index in [0.29, 0.717) is 19.4 Å². The minimum absolute atomic E-state index is 0.0315. The highest BCUT2D eigenvalue weighted by molar-refractivity contribution is 5.80. The van der Waals surface area contributed by atoms with Gasteiger partial charge in [-0.05, 0) is 26.3 Å². The first-order valence-electron chi connectivity index (χ1n) is 7.30. The molecule has 0 aromatic heterocycles. The third-order valence-electron chi connectivity index (χ3n) is 3.14. The molecule has 112 valence electrons. The molecule has 19 heavy (non-hydrogen) atoms. The van der Waals surface area contributed by atoms with Gasteiger partial charge in [0.25, 0.3) is 0 Å². The topological polar surface area (TPSA) is 70.2 Å². The van der Waals surface area contributed by atoms with Crippen molar-refractivity contribution in [3.05, 3.63) is 0 Å².